The fourth-order valence-corrected chi connectivity index (χ4v) is 4.19. The molecule has 0 aliphatic carbocycles. The molecule has 2 rings (SSSR count). The average molecular weight is 330 g/mol. The Hall–Kier alpha value is -1.37. The van der Waals surface area contributed by atoms with Gasteiger partial charge in [0.2, 0.25) is 0 Å². The van der Waals surface area contributed by atoms with E-state index in [1.54, 1.807) is 19.1 Å². The van der Waals surface area contributed by atoms with E-state index in [2.05, 4.69) is 4.72 Å². The minimum atomic E-state index is -3.68. The van der Waals surface area contributed by atoms with Gasteiger partial charge in [0, 0.05) is 5.56 Å². The number of carbonyl (C=O) groups excluding carboxylic acids is 1. The molecule has 1 aromatic heterocycles. The highest BCUT2D eigenvalue weighted by molar-refractivity contribution is 7.94. The van der Waals surface area contributed by atoms with Gasteiger partial charge in [0.15, 0.2) is 5.78 Å². The van der Waals surface area contributed by atoms with Crippen molar-refractivity contribution in [3.05, 3.63) is 45.8 Å². The molecule has 0 amide bonds. The van der Waals surface area contributed by atoms with Crippen LogP contribution in [0.15, 0.2) is 34.5 Å². The normalized spacial score (nSPS) is 11.3. The Kier molecular flexibility index (Phi) is 4.17. The van der Waals surface area contributed by atoms with Crippen molar-refractivity contribution in [3.8, 4) is 0 Å². The molecule has 106 valence electrons. The van der Waals surface area contributed by atoms with Crippen LogP contribution in [-0.4, -0.2) is 14.2 Å². The Morgan fingerprint density at radius 1 is 1.25 bits per heavy atom. The summed E-state index contributed by atoms with van der Waals surface area (Å²) in [6.07, 6.45) is 0. The fourth-order valence-electron chi connectivity index (χ4n) is 1.59. The Labute approximate surface area is 126 Å². The number of rotatable bonds is 4. The van der Waals surface area contributed by atoms with Gasteiger partial charge in [-0.1, -0.05) is 23.7 Å². The van der Waals surface area contributed by atoms with Crippen LogP contribution in [-0.2, 0) is 10.0 Å². The number of sulfonamides is 1. The second kappa shape index (κ2) is 5.55. The SMILES string of the molecule is CC(=O)c1ccc(C)c(NS(=O)(=O)c2ccc(Cl)s2)c1. The molecule has 0 saturated carbocycles. The molecular weight excluding hydrogens is 318 g/mol. The monoisotopic (exact) mass is 329 g/mol. The van der Waals surface area contributed by atoms with Gasteiger partial charge >= 0.3 is 0 Å². The number of carbonyl (C=O) groups is 1. The minimum absolute atomic E-state index is 0.121. The fraction of sp³-hybridized carbons (Fsp3) is 0.154. The second-order valence-electron chi connectivity index (χ2n) is 4.25. The third-order valence-corrected chi connectivity index (χ3v) is 5.79. The predicted octanol–water partition coefficient (Wildman–Crippen LogP) is 3.71. The van der Waals surface area contributed by atoms with Crippen molar-refractivity contribution in [1.29, 1.82) is 0 Å². The van der Waals surface area contributed by atoms with Crippen molar-refractivity contribution in [3.63, 3.8) is 0 Å². The number of thiophene rings is 1. The van der Waals surface area contributed by atoms with E-state index >= 15 is 0 Å². The lowest BCUT2D eigenvalue weighted by Gasteiger charge is -2.10. The largest absolute Gasteiger partial charge is 0.295 e. The van der Waals surface area contributed by atoms with E-state index in [1.165, 1.54) is 25.1 Å². The molecule has 1 N–H and O–H groups in total. The molecule has 0 atom stereocenters. The molecule has 0 saturated heterocycles. The first kappa shape index (κ1) is 15.0. The van der Waals surface area contributed by atoms with E-state index < -0.39 is 10.0 Å². The Morgan fingerprint density at radius 3 is 2.50 bits per heavy atom. The molecule has 0 fully saturated rings. The molecule has 0 aliphatic rings. The van der Waals surface area contributed by atoms with E-state index in [0.717, 1.165) is 16.9 Å². The van der Waals surface area contributed by atoms with Crippen LogP contribution in [0.5, 0.6) is 0 Å². The van der Waals surface area contributed by atoms with E-state index in [1.807, 2.05) is 0 Å². The summed E-state index contributed by atoms with van der Waals surface area (Å²) >= 11 is 6.73. The molecular formula is C13H12ClNO3S2. The van der Waals surface area contributed by atoms with Gasteiger partial charge in [-0.05, 0) is 37.6 Å². The minimum Gasteiger partial charge on any atom is -0.295 e. The molecule has 0 radical (unpaired) electrons. The third kappa shape index (κ3) is 3.20. The summed E-state index contributed by atoms with van der Waals surface area (Å²) in [5.41, 5.74) is 1.58. The summed E-state index contributed by atoms with van der Waals surface area (Å²) in [4.78, 5) is 11.4. The highest BCUT2D eigenvalue weighted by Gasteiger charge is 2.18. The molecule has 7 heteroatoms. The van der Waals surface area contributed by atoms with E-state index in [-0.39, 0.29) is 9.99 Å². The van der Waals surface area contributed by atoms with Gasteiger partial charge < -0.3 is 0 Å². The van der Waals surface area contributed by atoms with Gasteiger partial charge in [0.1, 0.15) is 4.21 Å². The zero-order valence-electron chi connectivity index (χ0n) is 10.8. The van der Waals surface area contributed by atoms with Crippen molar-refractivity contribution in [2.45, 2.75) is 18.1 Å². The number of Topliss-reactive ketones (excluding diaryl/α,β-unsaturated/α-hetero) is 1. The van der Waals surface area contributed by atoms with E-state index in [4.69, 9.17) is 11.6 Å². The second-order valence-corrected chi connectivity index (χ2v) is 7.87. The summed E-state index contributed by atoms with van der Waals surface area (Å²) in [5.74, 6) is -0.121. The van der Waals surface area contributed by atoms with Crippen molar-refractivity contribution in [1.82, 2.24) is 0 Å². The van der Waals surface area contributed by atoms with Crippen LogP contribution in [0, 0.1) is 6.92 Å². The van der Waals surface area contributed by atoms with Crippen LogP contribution in [0.1, 0.15) is 22.8 Å². The van der Waals surface area contributed by atoms with Crippen molar-refractivity contribution < 1.29 is 13.2 Å². The number of anilines is 1. The van der Waals surface area contributed by atoms with E-state index in [9.17, 15) is 13.2 Å². The first-order valence-corrected chi connectivity index (χ1v) is 8.37. The number of nitrogens with one attached hydrogen (secondary N) is 1. The molecule has 0 bridgehead atoms. The lowest BCUT2D eigenvalue weighted by Crippen LogP contribution is -2.13. The zero-order chi connectivity index (χ0) is 14.9. The Bertz CT molecular complexity index is 766. The molecule has 0 aliphatic heterocycles. The molecule has 2 aromatic rings. The number of hydrogen-bond acceptors (Lipinski definition) is 4. The van der Waals surface area contributed by atoms with Crippen molar-refractivity contribution in [2.75, 3.05) is 4.72 Å². The quantitative estimate of drug-likeness (QED) is 0.870. The molecule has 0 spiro atoms. The van der Waals surface area contributed by atoms with Gasteiger partial charge in [-0.15, -0.1) is 11.3 Å². The van der Waals surface area contributed by atoms with Crippen LogP contribution in [0.4, 0.5) is 5.69 Å². The molecule has 4 nitrogen and oxygen atoms in total. The highest BCUT2D eigenvalue weighted by atomic mass is 35.5. The molecule has 20 heavy (non-hydrogen) atoms. The number of benzene rings is 1. The Morgan fingerprint density at radius 2 is 1.95 bits per heavy atom. The standard InChI is InChI=1S/C13H12ClNO3S2/c1-8-3-4-10(9(2)16)7-11(8)15-20(17,18)13-6-5-12(14)19-13/h3-7,15H,1-2H3. The van der Waals surface area contributed by atoms with E-state index in [0.29, 0.717) is 15.6 Å². The molecule has 1 heterocycles. The van der Waals surface area contributed by atoms with Crippen LogP contribution in [0.25, 0.3) is 0 Å². The first-order chi connectivity index (χ1) is 9.29. The highest BCUT2D eigenvalue weighted by Crippen LogP contribution is 2.28. The maximum absolute atomic E-state index is 12.2. The summed E-state index contributed by atoms with van der Waals surface area (Å²) in [6.45, 7) is 3.20. The smallest absolute Gasteiger partial charge is 0.271 e. The third-order valence-electron chi connectivity index (χ3n) is 2.70. The molecule has 0 unspecified atom stereocenters. The predicted molar refractivity (Wildman–Crippen MR) is 81.3 cm³/mol. The van der Waals surface area contributed by atoms with Crippen LogP contribution >= 0.6 is 22.9 Å². The summed E-state index contributed by atoms with van der Waals surface area (Å²) in [6, 6.07) is 7.87. The number of halogens is 1. The lowest BCUT2D eigenvalue weighted by atomic mass is 10.1. The maximum Gasteiger partial charge on any atom is 0.271 e. The van der Waals surface area contributed by atoms with Gasteiger partial charge in [-0.3, -0.25) is 9.52 Å². The summed E-state index contributed by atoms with van der Waals surface area (Å²) < 4.78 is 27.4. The van der Waals surface area contributed by atoms with Crippen molar-refractivity contribution >= 4 is 44.4 Å². The van der Waals surface area contributed by atoms with Crippen LogP contribution in [0.3, 0.4) is 0 Å². The summed E-state index contributed by atoms with van der Waals surface area (Å²) in [5, 5.41) is 0. The average Bonchev–Trinajstić information content (AvgIpc) is 2.79. The van der Waals surface area contributed by atoms with Gasteiger partial charge in [0.25, 0.3) is 10.0 Å². The van der Waals surface area contributed by atoms with Crippen LogP contribution in [0.2, 0.25) is 4.34 Å². The van der Waals surface area contributed by atoms with Gasteiger partial charge in [-0.25, -0.2) is 8.42 Å². The maximum atomic E-state index is 12.2. The van der Waals surface area contributed by atoms with Crippen molar-refractivity contribution in [2.24, 2.45) is 0 Å². The molecule has 1 aromatic carbocycles. The van der Waals surface area contributed by atoms with Crippen LogP contribution < -0.4 is 4.72 Å². The number of ketones is 1. The Balaban J connectivity index is 2.39. The van der Waals surface area contributed by atoms with Gasteiger partial charge in [-0.2, -0.15) is 0 Å². The topological polar surface area (TPSA) is 63.2 Å². The van der Waals surface area contributed by atoms with Gasteiger partial charge in [0.05, 0.1) is 10.0 Å². The summed E-state index contributed by atoms with van der Waals surface area (Å²) in [7, 11) is -3.68. The first-order valence-electron chi connectivity index (χ1n) is 5.69. The lowest BCUT2D eigenvalue weighted by molar-refractivity contribution is 0.101. The number of hydrogen-bond donors (Lipinski definition) is 1. The zero-order valence-corrected chi connectivity index (χ0v) is 13.2. The number of aryl methyl sites for hydroxylation is 1.